The molecule has 5 aliphatic rings. The second-order valence-corrected chi connectivity index (χ2v) is 20.6. The number of halogens is 5. The van der Waals surface area contributed by atoms with Crippen LogP contribution in [0.5, 0.6) is 0 Å². The van der Waals surface area contributed by atoms with Crippen molar-refractivity contribution in [3.63, 3.8) is 0 Å². The van der Waals surface area contributed by atoms with Crippen molar-refractivity contribution in [1.82, 2.24) is 0 Å². The van der Waals surface area contributed by atoms with E-state index in [1.54, 1.807) is 0 Å². The van der Waals surface area contributed by atoms with Gasteiger partial charge in [-0.25, -0.2) is 0 Å². The van der Waals surface area contributed by atoms with Crippen molar-refractivity contribution in [3.05, 3.63) is 53.7 Å². The molecule has 6 rings (SSSR count). The molecular weight excluding hydrogens is 822 g/mol. The summed E-state index contributed by atoms with van der Waals surface area (Å²) in [5.74, 6) is 8.14. The molecule has 0 spiro atoms. The molecule has 1 aromatic rings. The van der Waals surface area contributed by atoms with Crippen molar-refractivity contribution in [2.45, 2.75) is 109 Å². The Balaban J connectivity index is 0.000000286. The first kappa shape index (κ1) is 40.9. The zero-order valence-corrected chi connectivity index (χ0v) is 35.5. The van der Waals surface area contributed by atoms with Crippen LogP contribution in [-0.4, -0.2) is 9.65 Å². The zero-order chi connectivity index (χ0) is 28.9. The third-order valence-electron chi connectivity index (χ3n) is 10.7. The predicted octanol–water partition coefficient (Wildman–Crippen LogP) is 13.6. The molecular formula is C35H55Br3Cl2Zr. The summed E-state index contributed by atoms with van der Waals surface area (Å²) in [7, 11) is 9.87. The van der Waals surface area contributed by atoms with Crippen LogP contribution in [0, 0.1) is 76.0 Å². The Hall–Kier alpha value is 1.86. The summed E-state index contributed by atoms with van der Waals surface area (Å²) in [5.41, 5.74) is 5.69. The van der Waals surface area contributed by atoms with Crippen molar-refractivity contribution in [2.75, 3.05) is 0 Å². The van der Waals surface area contributed by atoms with Gasteiger partial charge in [0.1, 0.15) is 0 Å². The van der Waals surface area contributed by atoms with Crippen LogP contribution in [-0.2, 0) is 27.3 Å². The molecule has 4 fully saturated rings. The Bertz CT molecular complexity index is 880. The first-order valence-corrected chi connectivity index (χ1v) is 24.1. The van der Waals surface area contributed by atoms with E-state index in [0.717, 1.165) is 63.4 Å². The second kappa shape index (κ2) is 19.5. The van der Waals surface area contributed by atoms with Gasteiger partial charge < -0.3 is 14.9 Å². The van der Waals surface area contributed by atoms with E-state index in [1.165, 1.54) is 78.1 Å². The summed E-state index contributed by atoms with van der Waals surface area (Å²) in [6.45, 7) is 14.2. The van der Waals surface area contributed by atoms with E-state index in [0.29, 0.717) is 0 Å². The van der Waals surface area contributed by atoms with Gasteiger partial charge in [-0.1, -0.05) is 113 Å². The molecule has 41 heavy (non-hydrogen) atoms. The fraction of sp³-hybridized carbons (Fsp3) is 0.714. The van der Waals surface area contributed by atoms with Crippen molar-refractivity contribution >= 4 is 70.9 Å². The number of hydrogen-bond acceptors (Lipinski definition) is 0. The van der Waals surface area contributed by atoms with E-state index >= 15 is 0 Å². The molecule has 0 heterocycles. The topological polar surface area (TPSA) is 0 Å². The summed E-state index contributed by atoms with van der Waals surface area (Å²) in [4.78, 5) is 1.66. The molecule has 0 aromatic heterocycles. The monoisotopic (exact) mass is 872 g/mol. The van der Waals surface area contributed by atoms with Crippen LogP contribution in [0.3, 0.4) is 0 Å². The van der Waals surface area contributed by atoms with Crippen LogP contribution in [0.1, 0.15) is 101 Å². The maximum absolute atomic E-state index is 4.93. The number of allylic oxidation sites excluding steroid dienone is 1. The first-order chi connectivity index (χ1) is 18.5. The average Bonchev–Trinajstić information content (AvgIpc) is 3.60. The minimum absolute atomic E-state index is 0. The van der Waals surface area contributed by atoms with Gasteiger partial charge in [0.15, 0.2) is 0 Å². The fourth-order valence-corrected chi connectivity index (χ4v) is 10.5. The van der Waals surface area contributed by atoms with Gasteiger partial charge in [-0.3, -0.25) is 0 Å². The van der Waals surface area contributed by atoms with Gasteiger partial charge in [0.2, 0.25) is 0 Å². The van der Waals surface area contributed by atoms with Crippen LogP contribution in [0.25, 0.3) is 6.08 Å². The zero-order valence-electron chi connectivity index (χ0n) is 26.8. The van der Waals surface area contributed by atoms with Gasteiger partial charge in [0, 0.05) is 20.6 Å². The molecule has 0 amide bonds. The Labute approximate surface area is 298 Å². The summed E-state index contributed by atoms with van der Waals surface area (Å²) in [6.07, 6.45) is 15.0. The molecule has 0 radical (unpaired) electrons. The van der Waals surface area contributed by atoms with Crippen molar-refractivity contribution < 1.29 is 20.8 Å². The molecule has 0 bridgehead atoms. The van der Waals surface area contributed by atoms with E-state index < -0.39 is 20.8 Å². The van der Waals surface area contributed by atoms with Crippen LogP contribution >= 0.6 is 64.8 Å². The van der Waals surface area contributed by atoms with E-state index in [1.807, 2.05) is 0 Å². The third kappa shape index (κ3) is 11.3. The number of hydrogen-bond donors (Lipinski definition) is 0. The van der Waals surface area contributed by atoms with E-state index in [9.17, 15) is 0 Å². The van der Waals surface area contributed by atoms with Gasteiger partial charge in [0.05, 0.1) is 0 Å². The second-order valence-electron chi connectivity index (χ2n) is 13.3. The number of aryl methyl sites for hydroxylation is 2. The van der Waals surface area contributed by atoms with Crippen molar-refractivity contribution in [1.29, 1.82) is 0 Å². The number of rotatable bonds is 0. The van der Waals surface area contributed by atoms with Gasteiger partial charge in [0.25, 0.3) is 0 Å². The Morgan fingerprint density at radius 1 is 0.659 bits per heavy atom. The summed E-state index contributed by atoms with van der Waals surface area (Å²) in [6, 6.07) is 4.39. The molecule has 8 unspecified atom stereocenters. The van der Waals surface area contributed by atoms with Gasteiger partial charge in [-0.2, -0.15) is 0 Å². The van der Waals surface area contributed by atoms with Crippen LogP contribution < -0.4 is 0 Å². The molecule has 1 aromatic carbocycles. The quantitative estimate of drug-likeness (QED) is 0.180. The van der Waals surface area contributed by atoms with Crippen LogP contribution in [0.4, 0.5) is 0 Å². The molecule has 0 nitrogen and oxygen atoms in total. The van der Waals surface area contributed by atoms with Crippen LogP contribution in [0.15, 0.2) is 16.6 Å². The molecule has 5 aliphatic carbocycles. The number of benzene rings is 1. The fourth-order valence-electron chi connectivity index (χ4n) is 8.30. The van der Waals surface area contributed by atoms with Gasteiger partial charge in [-0.15, -0.1) is 0 Å². The maximum atomic E-state index is 4.93. The molecule has 0 N–H and O–H groups in total. The SMILES string of the molecule is CC1CCC(C)C2CC(Br)CC12.CC1CCC(C)C2CC(Br)CC12.Cc1ccc(C)c2c1C=C(Br)C2.[CH3-].[CH3-].[Cl][Zr+2][Cl]. The summed E-state index contributed by atoms with van der Waals surface area (Å²) < 4.78 is 1.30. The minimum atomic E-state index is -0.826. The Morgan fingerprint density at radius 3 is 1.29 bits per heavy atom. The first-order valence-electron chi connectivity index (χ1n) is 15.2. The molecule has 234 valence electrons. The number of alkyl halides is 2. The molecule has 4 saturated carbocycles. The Kier molecular flexibility index (Phi) is 19.5. The van der Waals surface area contributed by atoms with E-state index in [4.69, 9.17) is 17.0 Å². The van der Waals surface area contributed by atoms with E-state index in [-0.39, 0.29) is 14.9 Å². The van der Waals surface area contributed by atoms with Crippen LogP contribution in [0.2, 0.25) is 0 Å². The Morgan fingerprint density at radius 2 is 0.976 bits per heavy atom. The molecule has 0 aliphatic heterocycles. The summed E-state index contributed by atoms with van der Waals surface area (Å²) >= 11 is 10.3. The predicted molar refractivity (Wildman–Crippen MR) is 194 cm³/mol. The van der Waals surface area contributed by atoms with Gasteiger partial charge in [-0.05, 0) is 115 Å². The van der Waals surface area contributed by atoms with Crippen molar-refractivity contribution in [3.8, 4) is 0 Å². The molecule has 0 saturated heterocycles. The normalized spacial score (nSPS) is 35.9. The average molecular weight is 878 g/mol. The standard InChI is InChI=1S/2C11H19Br.C11H11Br.2CH3.2ClH.Zr/c3*1-7-3-4-8(2)11-6-9(12)5-10(7)11;;;;;/h2*7-11H,3-6H2,1-2H3;3-5H,6H2,1-2H3;2*1H3;2*1H;/q;;;2*-1;;;+4/p-2. The molecule has 8 atom stereocenters. The van der Waals surface area contributed by atoms with E-state index in [2.05, 4.69) is 108 Å². The summed E-state index contributed by atoms with van der Waals surface area (Å²) in [5, 5.41) is 0. The number of fused-ring (bicyclic) bond motifs is 3. The third-order valence-corrected chi connectivity index (χ3v) is 12.8. The van der Waals surface area contributed by atoms with Crippen molar-refractivity contribution in [2.24, 2.45) is 47.3 Å². The van der Waals surface area contributed by atoms with Gasteiger partial charge >= 0.3 is 37.9 Å². The molecule has 6 heteroatoms.